The first-order valence-electron chi connectivity index (χ1n) is 9.10. The average Bonchev–Trinajstić information content (AvgIpc) is 2.46. The fourth-order valence-corrected chi connectivity index (χ4v) is 6.04. The third-order valence-electron chi connectivity index (χ3n) is 7.63. The van der Waals surface area contributed by atoms with Crippen LogP contribution >= 0.6 is 0 Å². The van der Waals surface area contributed by atoms with Crippen LogP contribution in [0.1, 0.15) is 72.6 Å². The summed E-state index contributed by atoms with van der Waals surface area (Å²) in [6.45, 7) is 12.9. The number of hydrogen-bond acceptors (Lipinski definition) is 1. The summed E-state index contributed by atoms with van der Waals surface area (Å²) in [6, 6.07) is 0. The molecule has 0 heterocycles. The van der Waals surface area contributed by atoms with Crippen molar-refractivity contribution in [3.05, 3.63) is 24.3 Å². The summed E-state index contributed by atoms with van der Waals surface area (Å²) in [5.41, 5.74) is 2.12. The minimum Gasteiger partial charge on any atom is -0.299 e. The van der Waals surface area contributed by atoms with Gasteiger partial charge in [0.2, 0.25) is 0 Å². The van der Waals surface area contributed by atoms with Gasteiger partial charge in [0, 0.05) is 5.41 Å². The molecule has 122 valence electrons. The number of Topliss-reactive ketones (excluding diaryl/α,β-unsaturated/α-hetero) is 1. The van der Waals surface area contributed by atoms with Crippen molar-refractivity contribution in [2.45, 2.75) is 72.6 Å². The molecule has 0 aromatic rings. The van der Waals surface area contributed by atoms with E-state index < -0.39 is 0 Å². The van der Waals surface area contributed by atoms with Gasteiger partial charge in [-0.2, -0.15) is 0 Å². The Morgan fingerprint density at radius 3 is 2.64 bits per heavy atom. The number of carbonyl (C=O) groups is 1. The van der Waals surface area contributed by atoms with Crippen molar-refractivity contribution in [3.63, 3.8) is 0 Å². The quantitative estimate of drug-likeness (QED) is 0.597. The molecule has 3 rings (SSSR count). The second-order valence-electron chi connectivity index (χ2n) is 9.00. The summed E-state index contributed by atoms with van der Waals surface area (Å²) in [4.78, 5) is 12.4. The molecule has 1 nitrogen and oxygen atoms in total. The van der Waals surface area contributed by atoms with Gasteiger partial charge in [0.25, 0.3) is 0 Å². The molecule has 0 radical (unpaired) electrons. The lowest BCUT2D eigenvalue weighted by atomic mass is 9.45. The van der Waals surface area contributed by atoms with Crippen molar-refractivity contribution < 1.29 is 4.79 Å². The predicted molar refractivity (Wildman–Crippen MR) is 92.6 cm³/mol. The van der Waals surface area contributed by atoms with Gasteiger partial charge in [-0.15, -0.1) is 6.58 Å². The lowest BCUT2D eigenvalue weighted by Crippen LogP contribution is -2.52. The topological polar surface area (TPSA) is 17.1 Å². The summed E-state index contributed by atoms with van der Waals surface area (Å²) in [5.74, 6) is 1.67. The monoisotopic (exact) mass is 300 g/mol. The maximum atomic E-state index is 12.4. The smallest absolute Gasteiger partial charge is 0.135 e. The van der Waals surface area contributed by atoms with Crippen LogP contribution in [0.15, 0.2) is 24.3 Å². The van der Waals surface area contributed by atoms with Crippen LogP contribution in [0.3, 0.4) is 0 Å². The van der Waals surface area contributed by atoms with Gasteiger partial charge in [-0.05, 0) is 68.1 Å². The van der Waals surface area contributed by atoms with Crippen molar-refractivity contribution in [1.82, 2.24) is 0 Å². The van der Waals surface area contributed by atoms with Crippen molar-refractivity contribution in [2.24, 2.45) is 28.1 Å². The van der Waals surface area contributed by atoms with E-state index in [2.05, 4.69) is 39.5 Å². The number of carbonyl (C=O) groups excluding carboxylic acids is 1. The molecule has 2 saturated carbocycles. The molecule has 2 fully saturated rings. The molecular weight excluding hydrogens is 268 g/mol. The first-order chi connectivity index (χ1) is 10.3. The second kappa shape index (κ2) is 5.08. The van der Waals surface area contributed by atoms with Crippen LogP contribution in [0.5, 0.6) is 0 Å². The highest BCUT2D eigenvalue weighted by Gasteiger charge is 2.56. The van der Waals surface area contributed by atoms with Crippen molar-refractivity contribution >= 4 is 5.78 Å². The first-order valence-corrected chi connectivity index (χ1v) is 9.10. The number of hydrogen-bond donors (Lipinski definition) is 0. The minimum atomic E-state index is -0.0992. The molecule has 0 spiro atoms. The summed E-state index contributed by atoms with van der Waals surface area (Å²) in [5, 5.41) is 0. The van der Waals surface area contributed by atoms with E-state index in [0.717, 1.165) is 12.8 Å². The van der Waals surface area contributed by atoms with E-state index in [0.29, 0.717) is 17.6 Å². The highest BCUT2D eigenvalue weighted by Crippen LogP contribution is 2.63. The van der Waals surface area contributed by atoms with Gasteiger partial charge < -0.3 is 0 Å². The lowest BCUT2D eigenvalue weighted by molar-refractivity contribution is -0.137. The molecule has 0 aromatic carbocycles. The van der Waals surface area contributed by atoms with E-state index in [1.54, 1.807) is 5.57 Å². The minimum absolute atomic E-state index is 0.0992. The van der Waals surface area contributed by atoms with Gasteiger partial charge >= 0.3 is 0 Å². The largest absolute Gasteiger partial charge is 0.299 e. The molecule has 3 aliphatic rings. The number of fused-ring (bicyclic) bond motifs is 3. The lowest BCUT2D eigenvalue weighted by Gasteiger charge is -2.58. The number of ketones is 1. The van der Waals surface area contributed by atoms with Gasteiger partial charge in [-0.1, -0.05) is 44.9 Å². The van der Waals surface area contributed by atoms with Gasteiger partial charge in [-0.3, -0.25) is 4.79 Å². The van der Waals surface area contributed by atoms with E-state index in [1.165, 1.54) is 32.1 Å². The maximum absolute atomic E-state index is 12.4. The molecule has 5 atom stereocenters. The molecule has 0 saturated heterocycles. The molecule has 0 N–H and O–H groups in total. The predicted octanol–water partition coefficient (Wildman–Crippen LogP) is 5.71. The van der Waals surface area contributed by atoms with Gasteiger partial charge in [0.15, 0.2) is 0 Å². The molecule has 0 bridgehead atoms. The van der Waals surface area contributed by atoms with Crippen LogP contribution in [0.4, 0.5) is 0 Å². The van der Waals surface area contributed by atoms with Crippen LogP contribution in [-0.2, 0) is 4.79 Å². The molecular formula is C21H32O. The van der Waals surface area contributed by atoms with Crippen LogP contribution in [0.25, 0.3) is 0 Å². The van der Waals surface area contributed by atoms with Gasteiger partial charge in [-0.25, -0.2) is 0 Å². The zero-order valence-electron chi connectivity index (χ0n) is 14.9. The fourth-order valence-electron chi connectivity index (χ4n) is 6.04. The third kappa shape index (κ3) is 2.15. The highest BCUT2D eigenvalue weighted by atomic mass is 16.1. The second-order valence-corrected chi connectivity index (χ2v) is 9.00. The third-order valence-corrected chi connectivity index (χ3v) is 7.63. The molecule has 3 aliphatic carbocycles. The summed E-state index contributed by atoms with van der Waals surface area (Å²) in [7, 11) is 0. The average molecular weight is 300 g/mol. The van der Waals surface area contributed by atoms with Crippen molar-refractivity contribution in [2.75, 3.05) is 0 Å². The van der Waals surface area contributed by atoms with Gasteiger partial charge in [0.05, 0.1) is 0 Å². The fraction of sp³-hybridized carbons (Fsp3) is 0.762. The summed E-state index contributed by atoms with van der Waals surface area (Å²) in [6.07, 6.45) is 13.1. The van der Waals surface area contributed by atoms with Gasteiger partial charge in [0.1, 0.15) is 5.78 Å². The summed E-state index contributed by atoms with van der Waals surface area (Å²) >= 11 is 0. The number of allylic oxidation sites excluding steroid dienone is 3. The van der Waals surface area contributed by atoms with E-state index in [4.69, 9.17) is 0 Å². The van der Waals surface area contributed by atoms with Crippen LogP contribution in [-0.4, -0.2) is 5.78 Å². The molecule has 22 heavy (non-hydrogen) atoms. The Bertz CT molecular complexity index is 530. The Labute approximate surface area is 136 Å². The summed E-state index contributed by atoms with van der Waals surface area (Å²) < 4.78 is 0. The van der Waals surface area contributed by atoms with Crippen molar-refractivity contribution in [3.8, 4) is 0 Å². The van der Waals surface area contributed by atoms with Crippen LogP contribution in [0.2, 0.25) is 0 Å². The van der Waals surface area contributed by atoms with Crippen LogP contribution in [0, 0.1) is 28.1 Å². The van der Waals surface area contributed by atoms with E-state index in [9.17, 15) is 4.79 Å². The molecule has 5 unspecified atom stereocenters. The first kappa shape index (κ1) is 16.0. The Morgan fingerprint density at radius 2 is 2.00 bits per heavy atom. The SMILES string of the molecule is C=CC1(C)CC=C2C(CCC3C(C)(C(C)=O)CCCC23C)C1. The highest BCUT2D eigenvalue weighted by molar-refractivity contribution is 5.82. The standard InChI is InChI=1S/C21H32O/c1-6-19(3)13-10-17-16(14-19)8-9-18-20(4,15(2)22)11-7-12-21(17,18)5/h6,10,16,18H,1,7-9,11-14H2,2-5H3. The molecule has 0 aliphatic heterocycles. The molecule has 1 heteroatoms. The Hall–Kier alpha value is -0.850. The van der Waals surface area contributed by atoms with E-state index >= 15 is 0 Å². The Morgan fingerprint density at radius 1 is 1.27 bits per heavy atom. The molecule has 0 amide bonds. The zero-order chi connectivity index (χ0) is 16.2. The zero-order valence-corrected chi connectivity index (χ0v) is 14.9. The van der Waals surface area contributed by atoms with E-state index in [1.807, 2.05) is 6.92 Å². The Kier molecular flexibility index (Phi) is 3.70. The normalized spacial score (nSPS) is 47.9. The van der Waals surface area contributed by atoms with E-state index in [-0.39, 0.29) is 16.2 Å². The Balaban J connectivity index is 1.99. The number of rotatable bonds is 2. The molecule has 0 aromatic heterocycles. The van der Waals surface area contributed by atoms with Crippen LogP contribution < -0.4 is 0 Å². The maximum Gasteiger partial charge on any atom is 0.135 e. The van der Waals surface area contributed by atoms with Crippen molar-refractivity contribution in [1.29, 1.82) is 0 Å².